The van der Waals surface area contributed by atoms with Crippen LogP contribution in [-0.4, -0.2) is 47.4 Å². The van der Waals surface area contributed by atoms with Crippen LogP contribution in [0.4, 0.5) is 5.69 Å². The molecule has 1 fully saturated rings. The number of ether oxygens (including phenoxy) is 1. The molecule has 0 bridgehead atoms. The zero-order chi connectivity index (χ0) is 22.7. The van der Waals surface area contributed by atoms with Crippen molar-refractivity contribution in [1.29, 1.82) is 0 Å². The van der Waals surface area contributed by atoms with Gasteiger partial charge >= 0.3 is 5.97 Å². The minimum absolute atomic E-state index is 0.0855. The van der Waals surface area contributed by atoms with Crippen LogP contribution in [0.3, 0.4) is 0 Å². The van der Waals surface area contributed by atoms with E-state index in [1.54, 1.807) is 35.2 Å². The Labute approximate surface area is 185 Å². The van der Waals surface area contributed by atoms with Gasteiger partial charge in [-0.25, -0.2) is 4.79 Å². The van der Waals surface area contributed by atoms with Crippen molar-refractivity contribution in [1.82, 2.24) is 9.47 Å². The highest BCUT2D eigenvalue weighted by Crippen LogP contribution is 2.27. The van der Waals surface area contributed by atoms with Gasteiger partial charge in [0.2, 0.25) is 0 Å². The average molecular weight is 435 g/mol. The maximum absolute atomic E-state index is 13.1. The van der Waals surface area contributed by atoms with Crippen molar-refractivity contribution in [3.8, 4) is 0 Å². The number of aromatic nitrogens is 1. The molecule has 1 saturated heterocycles. The quantitative estimate of drug-likeness (QED) is 0.614. The van der Waals surface area contributed by atoms with Crippen LogP contribution in [-0.2, 0) is 4.74 Å². The van der Waals surface area contributed by atoms with E-state index in [2.05, 4.69) is 5.32 Å². The van der Waals surface area contributed by atoms with E-state index in [-0.39, 0.29) is 29.6 Å². The number of amides is 2. The summed E-state index contributed by atoms with van der Waals surface area (Å²) in [4.78, 5) is 39.2. The van der Waals surface area contributed by atoms with Crippen LogP contribution in [0, 0.1) is 6.92 Å². The summed E-state index contributed by atoms with van der Waals surface area (Å²) in [6.07, 6.45) is 4.78. The Morgan fingerprint density at radius 2 is 1.88 bits per heavy atom. The highest BCUT2D eigenvalue weighted by Gasteiger charge is 2.27. The molecule has 0 atom stereocenters. The lowest BCUT2D eigenvalue weighted by Crippen LogP contribution is -2.39. The molecule has 1 N–H and O–H groups in total. The van der Waals surface area contributed by atoms with Crippen LogP contribution in [0.25, 0.3) is 0 Å². The Morgan fingerprint density at radius 3 is 2.56 bits per heavy atom. The van der Waals surface area contributed by atoms with E-state index in [1.807, 2.05) is 29.8 Å². The van der Waals surface area contributed by atoms with Gasteiger partial charge in [-0.3, -0.25) is 9.59 Å². The second kappa shape index (κ2) is 9.13. The van der Waals surface area contributed by atoms with Gasteiger partial charge in [-0.15, -0.1) is 0 Å². The summed E-state index contributed by atoms with van der Waals surface area (Å²) < 4.78 is 11.9. The summed E-state index contributed by atoms with van der Waals surface area (Å²) in [6, 6.07) is 12.2. The van der Waals surface area contributed by atoms with Gasteiger partial charge in [0.05, 0.1) is 13.4 Å². The van der Waals surface area contributed by atoms with Gasteiger partial charge in [0.25, 0.3) is 11.8 Å². The number of carbonyl (C=O) groups excluding carboxylic acids is 3. The summed E-state index contributed by atoms with van der Waals surface area (Å²) in [6.45, 7) is 3.02. The highest BCUT2D eigenvalue weighted by molar-refractivity contribution is 6.04. The molecule has 8 heteroatoms. The van der Waals surface area contributed by atoms with Crippen molar-refractivity contribution in [2.24, 2.45) is 0 Å². The number of rotatable bonds is 5. The molecular formula is C24H25N3O5. The van der Waals surface area contributed by atoms with E-state index in [0.29, 0.717) is 30.0 Å². The maximum atomic E-state index is 13.1. The Hall–Kier alpha value is -3.81. The molecule has 2 aromatic heterocycles. The fraction of sp³-hybridized carbons (Fsp3) is 0.292. The van der Waals surface area contributed by atoms with Gasteiger partial charge in [-0.2, -0.15) is 0 Å². The van der Waals surface area contributed by atoms with Gasteiger partial charge in [-0.1, -0.05) is 6.07 Å². The molecule has 1 aliphatic heterocycles. The lowest BCUT2D eigenvalue weighted by molar-refractivity contribution is 0.0573. The van der Waals surface area contributed by atoms with Crippen LogP contribution in [0.1, 0.15) is 55.8 Å². The van der Waals surface area contributed by atoms with Crippen molar-refractivity contribution in [3.63, 3.8) is 0 Å². The lowest BCUT2D eigenvalue weighted by Gasteiger charge is -2.33. The van der Waals surface area contributed by atoms with Crippen LogP contribution < -0.4 is 5.32 Å². The minimum atomic E-state index is -0.364. The summed E-state index contributed by atoms with van der Waals surface area (Å²) in [5.41, 5.74) is 2.46. The highest BCUT2D eigenvalue weighted by atomic mass is 16.5. The largest absolute Gasteiger partial charge is 0.464 e. The number of anilines is 1. The van der Waals surface area contributed by atoms with Crippen molar-refractivity contribution >= 4 is 23.5 Å². The summed E-state index contributed by atoms with van der Waals surface area (Å²) in [7, 11) is 1.37. The molecule has 0 aliphatic carbocycles. The maximum Gasteiger partial charge on any atom is 0.354 e. The Bertz CT molecular complexity index is 1120. The predicted octanol–water partition coefficient (Wildman–Crippen LogP) is 3.91. The Morgan fingerprint density at radius 1 is 1.09 bits per heavy atom. The number of hydrogen-bond acceptors (Lipinski definition) is 5. The normalized spacial score (nSPS) is 14.2. The van der Waals surface area contributed by atoms with E-state index in [4.69, 9.17) is 9.15 Å². The van der Waals surface area contributed by atoms with Crippen LogP contribution in [0.15, 0.2) is 59.3 Å². The monoisotopic (exact) mass is 435 g/mol. The molecule has 2 amide bonds. The van der Waals surface area contributed by atoms with Crippen LogP contribution in [0.5, 0.6) is 0 Å². The van der Waals surface area contributed by atoms with Gasteiger partial charge < -0.3 is 23.9 Å². The zero-order valence-electron chi connectivity index (χ0n) is 18.0. The van der Waals surface area contributed by atoms with Gasteiger partial charge in [-0.05, 0) is 61.7 Å². The molecule has 1 aliphatic rings. The third-order valence-electron chi connectivity index (χ3n) is 5.80. The Balaban J connectivity index is 1.43. The standard InChI is InChI=1S/C24H25N3O5/c1-16-7-8-17(15-19(16)25-22(28)21-6-4-14-32-21)23(29)26-12-9-18(10-13-26)27-11-3-5-20(27)24(30)31-2/h3-8,11,14-15,18H,9-10,12-13H2,1-2H3,(H,25,28). The number of benzene rings is 1. The predicted molar refractivity (Wildman–Crippen MR) is 118 cm³/mol. The molecule has 3 aromatic rings. The number of methoxy groups -OCH3 is 1. The zero-order valence-corrected chi connectivity index (χ0v) is 18.0. The molecule has 0 radical (unpaired) electrons. The molecule has 32 heavy (non-hydrogen) atoms. The summed E-state index contributed by atoms with van der Waals surface area (Å²) in [5, 5.41) is 2.81. The molecular weight excluding hydrogens is 410 g/mol. The van der Waals surface area contributed by atoms with E-state index >= 15 is 0 Å². The lowest BCUT2D eigenvalue weighted by atomic mass is 10.0. The number of furan rings is 1. The number of likely N-dealkylation sites (tertiary alicyclic amines) is 1. The first-order chi connectivity index (χ1) is 15.5. The van der Waals surface area contributed by atoms with Gasteiger partial charge in [0.1, 0.15) is 5.69 Å². The van der Waals surface area contributed by atoms with Crippen molar-refractivity contribution in [2.75, 3.05) is 25.5 Å². The van der Waals surface area contributed by atoms with Crippen molar-refractivity contribution < 1.29 is 23.5 Å². The van der Waals surface area contributed by atoms with E-state index in [0.717, 1.165) is 18.4 Å². The topological polar surface area (TPSA) is 93.8 Å². The first kappa shape index (κ1) is 21.4. The molecule has 166 valence electrons. The third-order valence-corrected chi connectivity index (χ3v) is 5.80. The van der Waals surface area contributed by atoms with Crippen LogP contribution in [0.2, 0.25) is 0 Å². The van der Waals surface area contributed by atoms with Crippen molar-refractivity contribution in [3.05, 3.63) is 77.5 Å². The Kier molecular flexibility index (Phi) is 6.11. The molecule has 4 rings (SSSR count). The fourth-order valence-electron chi connectivity index (χ4n) is 4.00. The number of nitrogens with one attached hydrogen (secondary N) is 1. The van der Waals surface area contributed by atoms with E-state index < -0.39 is 0 Å². The number of nitrogens with zero attached hydrogens (tertiary/aromatic N) is 2. The smallest absolute Gasteiger partial charge is 0.354 e. The molecule has 0 unspecified atom stereocenters. The fourth-order valence-corrected chi connectivity index (χ4v) is 4.00. The number of hydrogen-bond donors (Lipinski definition) is 1. The van der Waals surface area contributed by atoms with Gasteiger partial charge in [0.15, 0.2) is 5.76 Å². The second-order valence-electron chi connectivity index (χ2n) is 7.78. The minimum Gasteiger partial charge on any atom is -0.464 e. The molecule has 3 heterocycles. The summed E-state index contributed by atoms with van der Waals surface area (Å²) in [5.74, 6) is -0.605. The molecule has 1 aromatic carbocycles. The molecule has 0 spiro atoms. The van der Waals surface area contributed by atoms with Crippen LogP contribution >= 0.6 is 0 Å². The third kappa shape index (κ3) is 4.30. The number of esters is 1. The number of carbonyl (C=O) groups is 3. The SMILES string of the molecule is COC(=O)c1cccn1C1CCN(C(=O)c2ccc(C)c(NC(=O)c3ccco3)c2)CC1. The molecule has 0 saturated carbocycles. The van der Waals surface area contributed by atoms with Crippen molar-refractivity contribution in [2.45, 2.75) is 25.8 Å². The molecule has 8 nitrogen and oxygen atoms in total. The van der Waals surface area contributed by atoms with E-state index in [9.17, 15) is 14.4 Å². The second-order valence-corrected chi connectivity index (χ2v) is 7.78. The van der Waals surface area contributed by atoms with Gasteiger partial charge in [0, 0.05) is 36.6 Å². The van der Waals surface area contributed by atoms with E-state index in [1.165, 1.54) is 13.4 Å². The summed E-state index contributed by atoms with van der Waals surface area (Å²) >= 11 is 0. The number of aryl methyl sites for hydroxylation is 1. The average Bonchev–Trinajstić information content (AvgIpc) is 3.52. The first-order valence-corrected chi connectivity index (χ1v) is 10.5. The number of piperidine rings is 1. The first-order valence-electron chi connectivity index (χ1n) is 10.5.